The Labute approximate surface area is 182 Å². The molecule has 1 fully saturated rings. The van der Waals surface area contributed by atoms with Crippen LogP contribution in [0.2, 0.25) is 0 Å². The molecule has 24 heavy (non-hydrogen) atoms. The van der Waals surface area contributed by atoms with Crippen LogP contribution in [0.15, 0.2) is 30.3 Å². The molecule has 0 spiro atoms. The Morgan fingerprint density at radius 3 is 2.62 bits per heavy atom. The molecular formula is C15H15KN2O5S. The van der Waals surface area contributed by atoms with Crippen LogP contribution in [0.3, 0.4) is 0 Å². The molecule has 0 bridgehead atoms. The average Bonchev–Trinajstić information content (AvgIpc) is 2.77. The smallest absolute Gasteiger partial charge is 0.526 e. The molecule has 3 rings (SSSR count). The van der Waals surface area contributed by atoms with E-state index in [-0.39, 0.29) is 62.8 Å². The number of rotatable bonds is 4. The van der Waals surface area contributed by atoms with E-state index in [0.717, 1.165) is 16.1 Å². The Kier molecular flexibility index (Phi) is 6.16. The van der Waals surface area contributed by atoms with E-state index in [1.54, 1.807) is 18.2 Å². The van der Waals surface area contributed by atoms with E-state index in [1.807, 2.05) is 6.92 Å². The Balaban J connectivity index is 0.00000208. The third-order valence-corrected chi connectivity index (χ3v) is 4.74. The molecule has 1 heterocycles. The summed E-state index contributed by atoms with van der Waals surface area (Å²) >= 11 is 0. The molecule has 0 saturated carbocycles. The number of benzene rings is 2. The van der Waals surface area contributed by atoms with Crippen molar-refractivity contribution in [2.45, 2.75) is 13.3 Å². The summed E-state index contributed by atoms with van der Waals surface area (Å²) in [7, 11) is -4.09. The largest absolute Gasteiger partial charge is 1.00 e. The van der Waals surface area contributed by atoms with Crippen molar-refractivity contribution in [1.82, 2.24) is 0 Å². The van der Waals surface area contributed by atoms with Gasteiger partial charge >= 0.3 is 51.4 Å². The van der Waals surface area contributed by atoms with Crippen LogP contribution < -0.4 is 60.4 Å². The molecule has 122 valence electrons. The maximum Gasteiger partial charge on any atom is 1.00 e. The van der Waals surface area contributed by atoms with Crippen molar-refractivity contribution in [1.29, 1.82) is 0 Å². The van der Waals surface area contributed by atoms with Crippen LogP contribution in [0.4, 0.5) is 5.69 Å². The SMILES string of the molecule is CCCOc1ccc2cc(O)c(N3CC(=O)[N-]S3(=O)=O)cc2c1.[K+]. The molecule has 1 N–H and O–H groups in total. The Bertz CT molecular complexity index is 885. The summed E-state index contributed by atoms with van der Waals surface area (Å²) in [4.78, 5) is 11.3. The van der Waals surface area contributed by atoms with Gasteiger partial charge in [-0.2, -0.15) is 0 Å². The number of carbonyl (C=O) groups excluding carboxylic acids is 1. The zero-order chi connectivity index (χ0) is 16.6. The van der Waals surface area contributed by atoms with E-state index in [4.69, 9.17) is 4.74 Å². The van der Waals surface area contributed by atoms with E-state index in [2.05, 4.69) is 4.72 Å². The molecule has 9 heteroatoms. The summed E-state index contributed by atoms with van der Waals surface area (Å²) in [5.41, 5.74) is 0.0275. The van der Waals surface area contributed by atoms with Crippen molar-refractivity contribution in [2.75, 3.05) is 17.5 Å². The Morgan fingerprint density at radius 2 is 2.00 bits per heavy atom. The minimum atomic E-state index is -4.09. The van der Waals surface area contributed by atoms with Gasteiger partial charge in [-0.25, -0.2) is 8.42 Å². The Morgan fingerprint density at radius 1 is 1.25 bits per heavy atom. The first-order valence-electron chi connectivity index (χ1n) is 7.09. The van der Waals surface area contributed by atoms with E-state index >= 15 is 0 Å². The molecule has 0 unspecified atom stereocenters. The van der Waals surface area contributed by atoms with E-state index < -0.39 is 22.7 Å². The standard InChI is InChI=1S/C15H16N2O5S.K/c1-2-5-22-12-4-3-10-8-14(18)13(7-11(10)6-12)17-9-15(19)16-23(17,20)21;/h3-4,6-8H,2,5,9H2,1H3,(H2,16,18,19);/q;+1/p-1. The van der Waals surface area contributed by atoms with Crippen molar-refractivity contribution in [2.24, 2.45) is 0 Å². The number of fused-ring (bicyclic) bond motifs is 1. The topological polar surface area (TPSA) is 98.0 Å². The summed E-state index contributed by atoms with van der Waals surface area (Å²) in [6.07, 6.45) is 0.870. The van der Waals surface area contributed by atoms with E-state index in [0.29, 0.717) is 17.7 Å². The van der Waals surface area contributed by atoms with E-state index in [1.165, 1.54) is 12.1 Å². The van der Waals surface area contributed by atoms with Crippen LogP contribution in [0.1, 0.15) is 13.3 Å². The fourth-order valence-electron chi connectivity index (χ4n) is 2.38. The molecule has 2 aromatic carbocycles. The van der Waals surface area contributed by atoms with Crippen molar-refractivity contribution >= 4 is 32.6 Å². The number of phenols is 1. The van der Waals surface area contributed by atoms with Gasteiger partial charge in [0.15, 0.2) is 10.2 Å². The van der Waals surface area contributed by atoms with Gasteiger partial charge in [0.1, 0.15) is 11.5 Å². The van der Waals surface area contributed by atoms with Crippen LogP contribution in [-0.4, -0.2) is 32.6 Å². The molecule has 1 aliphatic rings. The first-order valence-corrected chi connectivity index (χ1v) is 8.48. The number of hydrogen-bond acceptors (Lipinski definition) is 5. The van der Waals surface area contributed by atoms with Gasteiger partial charge in [0, 0.05) is 0 Å². The average molecular weight is 374 g/mol. The number of nitrogens with zero attached hydrogens (tertiary/aromatic N) is 2. The van der Waals surface area contributed by atoms with Gasteiger partial charge in [0.05, 0.1) is 24.7 Å². The van der Waals surface area contributed by atoms with Crippen LogP contribution >= 0.6 is 0 Å². The fraction of sp³-hybridized carbons (Fsp3) is 0.267. The van der Waals surface area contributed by atoms with Gasteiger partial charge < -0.3 is 19.4 Å². The molecule has 0 atom stereocenters. The molecule has 2 aromatic rings. The van der Waals surface area contributed by atoms with Crippen molar-refractivity contribution in [3.63, 3.8) is 0 Å². The summed E-state index contributed by atoms with van der Waals surface area (Å²) in [5.74, 6) is -0.334. The number of ether oxygens (including phenoxy) is 1. The molecular weight excluding hydrogens is 359 g/mol. The molecule has 1 amide bonds. The maximum absolute atomic E-state index is 11.9. The predicted molar refractivity (Wildman–Crippen MR) is 86.0 cm³/mol. The van der Waals surface area contributed by atoms with Crippen molar-refractivity contribution in [3.8, 4) is 11.5 Å². The van der Waals surface area contributed by atoms with Crippen LogP contribution in [0, 0.1) is 0 Å². The second kappa shape index (κ2) is 7.59. The maximum atomic E-state index is 11.9. The zero-order valence-electron chi connectivity index (χ0n) is 13.4. The van der Waals surface area contributed by atoms with E-state index in [9.17, 15) is 18.3 Å². The number of carbonyl (C=O) groups is 1. The summed E-state index contributed by atoms with van der Waals surface area (Å²) < 4.78 is 33.2. The summed E-state index contributed by atoms with van der Waals surface area (Å²) in [6, 6.07) is 8.28. The number of amides is 1. The van der Waals surface area contributed by atoms with Gasteiger partial charge in [0.2, 0.25) is 0 Å². The second-order valence-corrected chi connectivity index (χ2v) is 6.69. The molecule has 0 radical (unpaired) electrons. The summed E-state index contributed by atoms with van der Waals surface area (Å²) in [6.45, 7) is 2.16. The number of anilines is 1. The Hall–Kier alpha value is -0.844. The van der Waals surface area contributed by atoms with Crippen LogP contribution in [-0.2, 0) is 15.0 Å². The molecule has 1 saturated heterocycles. The molecule has 7 nitrogen and oxygen atoms in total. The van der Waals surface area contributed by atoms with Crippen molar-refractivity contribution in [3.05, 3.63) is 35.1 Å². The monoisotopic (exact) mass is 374 g/mol. The normalized spacial score (nSPS) is 15.9. The molecule has 0 aromatic heterocycles. The predicted octanol–water partition coefficient (Wildman–Crippen LogP) is -0.697. The first-order chi connectivity index (χ1) is 10.9. The van der Waals surface area contributed by atoms with Crippen LogP contribution in [0.25, 0.3) is 15.5 Å². The quantitative estimate of drug-likeness (QED) is 0.714. The number of phenolic OH excluding ortho intramolecular Hbond substituents is 1. The number of aromatic hydroxyl groups is 1. The molecule has 0 aliphatic carbocycles. The third kappa shape index (κ3) is 3.87. The third-order valence-electron chi connectivity index (χ3n) is 3.42. The van der Waals surface area contributed by atoms with Crippen molar-refractivity contribution < 1.29 is 74.4 Å². The second-order valence-electron chi connectivity index (χ2n) is 5.17. The molecule has 1 aliphatic heterocycles. The summed E-state index contributed by atoms with van der Waals surface area (Å²) in [5, 5.41) is 11.5. The van der Waals surface area contributed by atoms with Gasteiger partial charge in [-0.05, 0) is 41.5 Å². The van der Waals surface area contributed by atoms with Gasteiger partial charge in [-0.15, -0.1) is 0 Å². The minimum absolute atomic E-state index is 0. The van der Waals surface area contributed by atoms with Gasteiger partial charge in [-0.1, -0.05) is 13.0 Å². The van der Waals surface area contributed by atoms with Gasteiger partial charge in [0.25, 0.3) is 0 Å². The van der Waals surface area contributed by atoms with Crippen LogP contribution in [0.5, 0.6) is 11.5 Å². The number of hydrogen-bond donors (Lipinski definition) is 1. The minimum Gasteiger partial charge on any atom is -0.526 e. The van der Waals surface area contributed by atoms with Gasteiger partial charge in [-0.3, -0.25) is 4.31 Å². The zero-order valence-corrected chi connectivity index (χ0v) is 17.3. The first kappa shape index (κ1) is 19.5. The fourth-order valence-corrected chi connectivity index (χ4v) is 3.46.